The molecule has 1 aliphatic rings. The summed E-state index contributed by atoms with van der Waals surface area (Å²) < 4.78 is 0. The van der Waals surface area contributed by atoms with Crippen molar-refractivity contribution in [1.82, 2.24) is 0 Å². The molecule has 3 rings (SSSR count). The van der Waals surface area contributed by atoms with Crippen molar-refractivity contribution < 1.29 is 0 Å². The zero-order chi connectivity index (χ0) is 12.7. The standard InChI is InChI=1S/C14H15N3S/c1-8-5-11-9(2)16-13-6-10(7-15)3-4-12(13)17-14(11)18-8/h3-6,17H,7,15H2,1-2H3. The van der Waals surface area contributed by atoms with Gasteiger partial charge in [0.2, 0.25) is 0 Å². The average Bonchev–Trinajstić information content (AvgIpc) is 2.67. The molecule has 1 aromatic heterocycles. The monoisotopic (exact) mass is 257 g/mol. The summed E-state index contributed by atoms with van der Waals surface area (Å²) >= 11 is 1.76. The van der Waals surface area contributed by atoms with Crippen LogP contribution in [0.25, 0.3) is 0 Å². The normalized spacial score (nSPS) is 13.2. The highest BCUT2D eigenvalue weighted by molar-refractivity contribution is 7.16. The van der Waals surface area contributed by atoms with E-state index >= 15 is 0 Å². The minimum absolute atomic E-state index is 0.544. The molecule has 0 bridgehead atoms. The number of nitrogens with two attached hydrogens (primary N) is 1. The third-order valence-electron chi connectivity index (χ3n) is 3.08. The Hall–Kier alpha value is -1.65. The van der Waals surface area contributed by atoms with Crippen LogP contribution < -0.4 is 11.1 Å². The summed E-state index contributed by atoms with van der Waals surface area (Å²) in [6.45, 7) is 4.71. The van der Waals surface area contributed by atoms with Crippen molar-refractivity contribution in [3.63, 3.8) is 0 Å². The molecule has 0 unspecified atom stereocenters. The molecule has 18 heavy (non-hydrogen) atoms. The van der Waals surface area contributed by atoms with Gasteiger partial charge in [0, 0.05) is 22.7 Å². The van der Waals surface area contributed by atoms with Crippen LogP contribution in [0.5, 0.6) is 0 Å². The number of rotatable bonds is 1. The molecule has 0 amide bonds. The Labute approximate surface area is 110 Å². The number of fused-ring (bicyclic) bond motifs is 2. The molecule has 1 aromatic carbocycles. The number of aryl methyl sites for hydroxylation is 1. The first kappa shape index (κ1) is 11.4. The molecule has 0 spiro atoms. The van der Waals surface area contributed by atoms with E-state index in [1.165, 1.54) is 15.4 Å². The van der Waals surface area contributed by atoms with Crippen molar-refractivity contribution in [2.75, 3.05) is 5.32 Å². The first-order valence-corrected chi connectivity index (χ1v) is 6.75. The van der Waals surface area contributed by atoms with Crippen molar-refractivity contribution in [1.29, 1.82) is 0 Å². The Morgan fingerprint density at radius 1 is 1.28 bits per heavy atom. The van der Waals surface area contributed by atoms with Crippen LogP contribution in [0, 0.1) is 6.92 Å². The Bertz CT molecular complexity index is 640. The number of anilines is 2. The molecule has 2 aromatic rings. The quantitative estimate of drug-likeness (QED) is 0.818. The first-order valence-electron chi connectivity index (χ1n) is 5.93. The number of nitrogens with zero attached hydrogens (tertiary/aromatic N) is 1. The van der Waals surface area contributed by atoms with E-state index in [0.717, 1.165) is 22.6 Å². The van der Waals surface area contributed by atoms with Crippen LogP contribution in [-0.4, -0.2) is 5.71 Å². The minimum atomic E-state index is 0.544. The van der Waals surface area contributed by atoms with E-state index in [9.17, 15) is 0 Å². The number of thiophene rings is 1. The van der Waals surface area contributed by atoms with Crippen LogP contribution in [0.3, 0.4) is 0 Å². The van der Waals surface area contributed by atoms with E-state index in [2.05, 4.69) is 37.4 Å². The number of benzene rings is 1. The summed E-state index contributed by atoms with van der Waals surface area (Å²) in [5.74, 6) is 0. The molecule has 4 heteroatoms. The molecule has 1 aliphatic heterocycles. The van der Waals surface area contributed by atoms with Gasteiger partial charge in [0.1, 0.15) is 5.00 Å². The van der Waals surface area contributed by atoms with Gasteiger partial charge in [-0.1, -0.05) is 6.07 Å². The molecular weight excluding hydrogens is 242 g/mol. The van der Waals surface area contributed by atoms with Crippen molar-refractivity contribution in [2.24, 2.45) is 10.7 Å². The van der Waals surface area contributed by atoms with Gasteiger partial charge in [0.25, 0.3) is 0 Å². The van der Waals surface area contributed by atoms with Crippen molar-refractivity contribution in [3.05, 3.63) is 40.3 Å². The van der Waals surface area contributed by atoms with Gasteiger partial charge in [0.15, 0.2) is 0 Å². The summed E-state index contributed by atoms with van der Waals surface area (Å²) in [5.41, 5.74) is 11.0. The molecule has 92 valence electrons. The predicted molar refractivity (Wildman–Crippen MR) is 78.5 cm³/mol. The van der Waals surface area contributed by atoms with E-state index in [1.807, 2.05) is 6.07 Å². The molecule has 0 fully saturated rings. The van der Waals surface area contributed by atoms with Gasteiger partial charge in [-0.15, -0.1) is 11.3 Å². The predicted octanol–water partition coefficient (Wildman–Crippen LogP) is 3.71. The van der Waals surface area contributed by atoms with Gasteiger partial charge in [-0.2, -0.15) is 0 Å². The highest BCUT2D eigenvalue weighted by Gasteiger charge is 2.16. The van der Waals surface area contributed by atoms with Crippen molar-refractivity contribution in [2.45, 2.75) is 20.4 Å². The fourth-order valence-electron chi connectivity index (χ4n) is 2.14. The van der Waals surface area contributed by atoms with E-state index in [-0.39, 0.29) is 0 Å². The number of nitrogens with one attached hydrogen (secondary N) is 1. The zero-order valence-electron chi connectivity index (χ0n) is 10.4. The second-order valence-corrected chi connectivity index (χ2v) is 5.73. The van der Waals surface area contributed by atoms with Gasteiger partial charge < -0.3 is 11.1 Å². The third kappa shape index (κ3) is 1.83. The minimum Gasteiger partial charge on any atom is -0.345 e. The zero-order valence-corrected chi connectivity index (χ0v) is 11.3. The van der Waals surface area contributed by atoms with Gasteiger partial charge in [0.05, 0.1) is 11.4 Å². The molecular formula is C14H15N3S. The van der Waals surface area contributed by atoms with Gasteiger partial charge in [-0.3, -0.25) is 4.99 Å². The molecule has 3 N–H and O–H groups in total. The third-order valence-corrected chi connectivity index (χ3v) is 4.05. The molecule has 0 radical (unpaired) electrons. The molecule has 0 aliphatic carbocycles. The number of hydrogen-bond donors (Lipinski definition) is 2. The summed E-state index contributed by atoms with van der Waals surface area (Å²) in [4.78, 5) is 6.00. The molecule has 2 heterocycles. The maximum Gasteiger partial charge on any atom is 0.102 e. The topological polar surface area (TPSA) is 50.4 Å². The lowest BCUT2D eigenvalue weighted by molar-refractivity contribution is 1.07. The maximum atomic E-state index is 5.67. The van der Waals surface area contributed by atoms with Crippen LogP contribution in [-0.2, 0) is 6.54 Å². The highest BCUT2D eigenvalue weighted by Crippen LogP contribution is 2.38. The summed E-state index contributed by atoms with van der Waals surface area (Å²) in [6.07, 6.45) is 0. The van der Waals surface area contributed by atoms with E-state index in [4.69, 9.17) is 10.7 Å². The molecule has 0 saturated carbocycles. The van der Waals surface area contributed by atoms with Crippen LogP contribution in [0.2, 0.25) is 0 Å². The van der Waals surface area contributed by atoms with Crippen molar-refractivity contribution in [3.8, 4) is 0 Å². The van der Waals surface area contributed by atoms with Crippen LogP contribution in [0.4, 0.5) is 16.4 Å². The largest absolute Gasteiger partial charge is 0.345 e. The van der Waals surface area contributed by atoms with Gasteiger partial charge in [-0.25, -0.2) is 0 Å². The van der Waals surface area contributed by atoms with Gasteiger partial charge in [-0.05, 0) is 37.6 Å². The second-order valence-electron chi connectivity index (χ2n) is 4.48. The molecule has 3 nitrogen and oxygen atoms in total. The highest BCUT2D eigenvalue weighted by atomic mass is 32.1. The Morgan fingerprint density at radius 3 is 2.89 bits per heavy atom. The maximum absolute atomic E-state index is 5.67. The lowest BCUT2D eigenvalue weighted by Gasteiger charge is -2.07. The van der Waals surface area contributed by atoms with E-state index in [1.54, 1.807) is 11.3 Å². The van der Waals surface area contributed by atoms with Gasteiger partial charge >= 0.3 is 0 Å². The molecule has 0 atom stereocenters. The average molecular weight is 257 g/mol. The Balaban J connectivity index is 2.17. The lowest BCUT2D eigenvalue weighted by Crippen LogP contribution is -1.96. The van der Waals surface area contributed by atoms with E-state index in [0.29, 0.717) is 6.54 Å². The SMILES string of the molecule is CC1=Nc2cc(CN)ccc2Nc2sc(C)cc21. The summed E-state index contributed by atoms with van der Waals surface area (Å²) in [6, 6.07) is 8.33. The van der Waals surface area contributed by atoms with Crippen molar-refractivity contribution >= 4 is 33.4 Å². The second kappa shape index (κ2) is 4.23. The molecule has 0 saturated heterocycles. The number of hydrogen-bond acceptors (Lipinski definition) is 4. The summed E-state index contributed by atoms with van der Waals surface area (Å²) in [7, 11) is 0. The Morgan fingerprint density at radius 2 is 2.11 bits per heavy atom. The lowest BCUT2D eigenvalue weighted by atomic mass is 10.1. The smallest absolute Gasteiger partial charge is 0.102 e. The fraction of sp³-hybridized carbons (Fsp3) is 0.214. The van der Waals surface area contributed by atoms with Crippen LogP contribution >= 0.6 is 11.3 Å². The van der Waals surface area contributed by atoms with Crippen LogP contribution in [0.15, 0.2) is 29.3 Å². The van der Waals surface area contributed by atoms with E-state index < -0.39 is 0 Å². The van der Waals surface area contributed by atoms with Crippen LogP contribution in [0.1, 0.15) is 22.9 Å². The Kier molecular flexibility index (Phi) is 2.69. The number of aliphatic imine (C=N–C) groups is 1. The summed E-state index contributed by atoms with van der Waals surface area (Å²) in [5, 5.41) is 4.64. The fourth-order valence-corrected chi connectivity index (χ4v) is 3.12. The first-order chi connectivity index (χ1) is 8.67.